The highest BCUT2D eigenvalue weighted by atomic mass is 16.1. The second-order valence-corrected chi connectivity index (χ2v) is 19.8. The predicted molar refractivity (Wildman–Crippen MR) is 226 cm³/mol. The molecule has 4 aliphatic carbocycles. The first-order valence-electron chi connectivity index (χ1n) is 21.9. The monoisotopic (exact) mass is 730 g/mol. The molecule has 0 bridgehead atoms. The van der Waals surface area contributed by atoms with Gasteiger partial charge in [0.05, 0.1) is 6.17 Å². The Morgan fingerprint density at radius 3 is 1.91 bits per heavy atom. The van der Waals surface area contributed by atoms with Crippen molar-refractivity contribution >= 4 is 5.78 Å². The van der Waals surface area contributed by atoms with E-state index in [0.29, 0.717) is 30.1 Å². The molecule has 0 radical (unpaired) electrons. The minimum Gasteiger partial charge on any atom is -0.300 e. The first-order chi connectivity index (χ1) is 25.8. The van der Waals surface area contributed by atoms with Gasteiger partial charge in [-0.15, -0.1) is 0 Å². The van der Waals surface area contributed by atoms with Gasteiger partial charge < -0.3 is 5.32 Å². The smallest absolute Gasteiger partial charge is 0.162 e. The number of ketones is 1. The van der Waals surface area contributed by atoms with Gasteiger partial charge in [-0.05, 0) is 144 Å². The van der Waals surface area contributed by atoms with Crippen molar-refractivity contribution in [3.63, 3.8) is 0 Å². The Morgan fingerprint density at radius 1 is 0.722 bits per heavy atom. The molecule has 0 saturated heterocycles. The van der Waals surface area contributed by atoms with Crippen molar-refractivity contribution in [2.45, 2.75) is 173 Å². The fraction of sp³-hybridized carbons (Fsp3) is 0.620. The summed E-state index contributed by atoms with van der Waals surface area (Å²) in [6, 6.07) is 24.7. The number of hydrogen-bond donors (Lipinski definition) is 3. The van der Waals surface area contributed by atoms with Gasteiger partial charge >= 0.3 is 0 Å². The zero-order valence-electron chi connectivity index (χ0n) is 35.0. The molecule has 0 amide bonds. The molecule has 3 aromatic rings. The first kappa shape index (κ1) is 39.4. The second kappa shape index (κ2) is 15.6. The van der Waals surface area contributed by atoms with Gasteiger partial charge in [0, 0.05) is 24.1 Å². The van der Waals surface area contributed by atoms with E-state index in [1.807, 2.05) is 30.3 Å². The molecule has 0 heterocycles. The number of nitrogens with one attached hydrogen (secondary N) is 3. The molecular formula is C50H71N3O. The third-order valence-corrected chi connectivity index (χ3v) is 15.5. The molecule has 7 unspecified atom stereocenters. The van der Waals surface area contributed by atoms with E-state index < -0.39 is 0 Å². The zero-order valence-corrected chi connectivity index (χ0v) is 35.0. The lowest BCUT2D eigenvalue weighted by molar-refractivity contribution is 0.0180. The lowest BCUT2D eigenvalue weighted by Gasteiger charge is -2.56. The van der Waals surface area contributed by atoms with Crippen LogP contribution in [0.25, 0.3) is 0 Å². The predicted octanol–water partition coefficient (Wildman–Crippen LogP) is 11.5. The summed E-state index contributed by atoms with van der Waals surface area (Å²) in [6.45, 7) is 20.5. The Morgan fingerprint density at radius 2 is 1.30 bits per heavy atom. The molecule has 4 nitrogen and oxygen atoms in total. The van der Waals surface area contributed by atoms with Crippen LogP contribution in [-0.2, 0) is 23.7 Å². The van der Waals surface area contributed by atoms with E-state index in [9.17, 15) is 4.79 Å². The first-order valence-corrected chi connectivity index (χ1v) is 21.9. The molecule has 2 fully saturated rings. The van der Waals surface area contributed by atoms with Crippen molar-refractivity contribution in [1.82, 2.24) is 16.2 Å². The van der Waals surface area contributed by atoms with Crippen LogP contribution < -0.4 is 16.2 Å². The molecule has 7 atom stereocenters. The fourth-order valence-corrected chi connectivity index (χ4v) is 12.3. The van der Waals surface area contributed by atoms with Crippen molar-refractivity contribution in [2.75, 3.05) is 6.54 Å². The van der Waals surface area contributed by atoms with Crippen LogP contribution in [0, 0.1) is 17.3 Å². The third-order valence-electron chi connectivity index (χ3n) is 15.5. The minimum absolute atomic E-state index is 0.0174. The molecule has 3 N–H and O–H groups in total. The maximum atomic E-state index is 13.2. The summed E-state index contributed by atoms with van der Waals surface area (Å²) in [7, 11) is 0. The molecule has 4 aliphatic rings. The number of rotatable bonds is 13. The van der Waals surface area contributed by atoms with Gasteiger partial charge in [-0.2, -0.15) is 0 Å². The summed E-state index contributed by atoms with van der Waals surface area (Å²) in [4.78, 5) is 13.2. The quantitative estimate of drug-likeness (QED) is 0.0931. The summed E-state index contributed by atoms with van der Waals surface area (Å²) in [5, 5.41) is 4.13. The highest BCUT2D eigenvalue weighted by Crippen LogP contribution is 2.57. The number of hydrazine groups is 1. The largest absolute Gasteiger partial charge is 0.300 e. The number of carbonyl (C=O) groups is 1. The van der Waals surface area contributed by atoms with Crippen LogP contribution in [0.5, 0.6) is 0 Å². The Labute approximate surface area is 328 Å². The van der Waals surface area contributed by atoms with Crippen molar-refractivity contribution in [3.05, 3.63) is 106 Å². The third kappa shape index (κ3) is 7.53. The highest BCUT2D eigenvalue weighted by molar-refractivity contribution is 5.95. The topological polar surface area (TPSA) is 53.2 Å². The Balaban J connectivity index is 1.08. The lowest BCUT2D eigenvalue weighted by atomic mass is 9.49. The maximum absolute atomic E-state index is 13.2. The van der Waals surface area contributed by atoms with Gasteiger partial charge in [0.1, 0.15) is 0 Å². The van der Waals surface area contributed by atoms with Gasteiger partial charge in [-0.1, -0.05) is 128 Å². The molecule has 292 valence electrons. The van der Waals surface area contributed by atoms with Crippen LogP contribution in [0.2, 0.25) is 0 Å². The molecule has 0 spiro atoms. The van der Waals surface area contributed by atoms with Crippen LogP contribution in [0.1, 0.15) is 182 Å². The van der Waals surface area contributed by atoms with Gasteiger partial charge in [-0.3, -0.25) is 10.2 Å². The van der Waals surface area contributed by atoms with Gasteiger partial charge in [0.25, 0.3) is 0 Å². The Hall–Kier alpha value is -2.79. The average Bonchev–Trinajstić information content (AvgIpc) is 3.15. The summed E-state index contributed by atoms with van der Waals surface area (Å²) in [6.07, 6.45) is 14.7. The van der Waals surface area contributed by atoms with Crippen LogP contribution in [0.4, 0.5) is 0 Å². The van der Waals surface area contributed by atoms with Crippen molar-refractivity contribution < 1.29 is 4.79 Å². The number of fused-ring (bicyclic) bond motifs is 6. The van der Waals surface area contributed by atoms with Gasteiger partial charge in [0.15, 0.2) is 5.78 Å². The molecule has 54 heavy (non-hydrogen) atoms. The molecule has 3 aromatic carbocycles. The lowest BCUT2D eigenvalue weighted by Crippen LogP contribution is -2.66. The standard InChI is InChI=1S/C50H71N3O/c1-34(2)37-19-23-41-39(31-37)21-25-44-47(5,27-13-28-48(41,44)6)33-51-46(18-12-17-43(54)36-15-10-9-11-16-36)52-53-50(8)30-14-29-49(7)42-24-20-38(35(3)4)32-40(42)22-26-45(49)50/h9-11,15-16,19-20,23-24,31-32,34-35,44-46,51-53H,12-14,17-18,21-22,25-30,33H2,1-8H3. The number of hydrogen-bond acceptors (Lipinski definition) is 4. The van der Waals surface area contributed by atoms with Crippen molar-refractivity contribution in [2.24, 2.45) is 17.3 Å². The van der Waals surface area contributed by atoms with E-state index in [0.717, 1.165) is 31.4 Å². The van der Waals surface area contributed by atoms with E-state index in [2.05, 4.69) is 108 Å². The number of aryl methyl sites for hydroxylation is 2. The second-order valence-electron chi connectivity index (χ2n) is 19.8. The Bertz CT molecular complexity index is 1680. The number of Topliss-reactive ketones (excluding diaryl/α,β-unsaturated/α-hetero) is 1. The molecule has 4 heteroatoms. The average molecular weight is 730 g/mol. The van der Waals surface area contributed by atoms with E-state index in [4.69, 9.17) is 0 Å². The summed E-state index contributed by atoms with van der Waals surface area (Å²) < 4.78 is 0. The summed E-state index contributed by atoms with van der Waals surface area (Å²) in [5.74, 6) is 2.58. The van der Waals surface area contributed by atoms with E-state index in [-0.39, 0.29) is 33.7 Å². The summed E-state index contributed by atoms with van der Waals surface area (Å²) in [5.41, 5.74) is 18.7. The summed E-state index contributed by atoms with van der Waals surface area (Å²) >= 11 is 0. The van der Waals surface area contributed by atoms with Crippen LogP contribution in [0.15, 0.2) is 66.7 Å². The molecule has 7 rings (SSSR count). The van der Waals surface area contributed by atoms with Gasteiger partial charge in [0.2, 0.25) is 0 Å². The van der Waals surface area contributed by atoms with Gasteiger partial charge in [-0.25, -0.2) is 5.43 Å². The fourth-order valence-electron chi connectivity index (χ4n) is 12.3. The van der Waals surface area contributed by atoms with Crippen LogP contribution in [-0.4, -0.2) is 24.0 Å². The molecule has 2 saturated carbocycles. The zero-order chi connectivity index (χ0) is 38.3. The van der Waals surface area contributed by atoms with E-state index >= 15 is 0 Å². The molecule has 0 aliphatic heterocycles. The van der Waals surface area contributed by atoms with Crippen molar-refractivity contribution in [3.8, 4) is 0 Å². The molecular weight excluding hydrogens is 659 g/mol. The van der Waals surface area contributed by atoms with E-state index in [1.165, 1.54) is 68.9 Å². The minimum atomic E-state index is -0.0174. The van der Waals surface area contributed by atoms with E-state index in [1.54, 1.807) is 22.3 Å². The molecule has 0 aromatic heterocycles. The number of benzene rings is 3. The number of carbonyl (C=O) groups excluding carboxylic acids is 1. The highest BCUT2D eigenvalue weighted by Gasteiger charge is 2.53. The SMILES string of the molecule is CC(C)c1ccc2c(c1)CCC1C(C)(CNC(CCCC(=O)c3ccccc3)NNC3(C)CCCC4(C)c5ccc(C(C)C)cc5CCC34)CCCC21C. The van der Waals surface area contributed by atoms with Crippen molar-refractivity contribution in [1.29, 1.82) is 0 Å². The normalized spacial score (nSPS) is 31.0. The van der Waals surface area contributed by atoms with Crippen LogP contribution >= 0.6 is 0 Å². The maximum Gasteiger partial charge on any atom is 0.162 e. The van der Waals surface area contributed by atoms with Crippen LogP contribution in [0.3, 0.4) is 0 Å². The Kier molecular flexibility index (Phi) is 11.4.